The van der Waals surface area contributed by atoms with Crippen molar-refractivity contribution in [1.82, 2.24) is 9.55 Å². The zero-order valence-corrected chi connectivity index (χ0v) is 30.7. The van der Waals surface area contributed by atoms with Gasteiger partial charge >= 0.3 is 0 Å². The van der Waals surface area contributed by atoms with Gasteiger partial charge in [-0.3, -0.25) is 0 Å². The Hall–Kier alpha value is -7.23. The molecule has 0 amide bonds. The first-order valence-corrected chi connectivity index (χ1v) is 19.3. The highest BCUT2D eigenvalue weighted by Gasteiger charge is 2.20. The molecule has 0 bridgehead atoms. The molecule has 2 heterocycles. The van der Waals surface area contributed by atoms with Crippen molar-refractivity contribution in [2.75, 3.05) is 0 Å². The zero-order valence-electron chi connectivity index (χ0n) is 30.7. The van der Waals surface area contributed by atoms with Crippen molar-refractivity contribution in [3.63, 3.8) is 0 Å². The summed E-state index contributed by atoms with van der Waals surface area (Å²) in [6.07, 6.45) is 6.73. The molecule has 0 saturated carbocycles. The van der Waals surface area contributed by atoms with E-state index in [9.17, 15) is 0 Å². The number of aromatic nitrogens is 2. The molecular weight excluding hydrogens is 681 g/mol. The van der Waals surface area contributed by atoms with Gasteiger partial charge in [0.15, 0.2) is 5.58 Å². The van der Waals surface area contributed by atoms with Gasteiger partial charge < -0.3 is 8.98 Å². The fraction of sp³-hybridized carbons (Fsp3) is 0.0377. The molecule has 0 saturated heterocycles. The van der Waals surface area contributed by atoms with Crippen LogP contribution in [0.4, 0.5) is 0 Å². The molecule has 1 aliphatic rings. The Morgan fingerprint density at radius 3 is 1.91 bits per heavy atom. The highest BCUT2D eigenvalue weighted by Crippen LogP contribution is 2.42. The minimum atomic E-state index is 0.620. The highest BCUT2D eigenvalue weighted by molar-refractivity contribution is 5.99. The van der Waals surface area contributed by atoms with E-state index in [2.05, 4.69) is 199 Å². The van der Waals surface area contributed by atoms with Crippen LogP contribution in [0.1, 0.15) is 17.7 Å². The Morgan fingerprint density at radius 2 is 1.11 bits per heavy atom. The number of benzene rings is 8. The van der Waals surface area contributed by atoms with Crippen LogP contribution in [-0.2, 0) is 6.42 Å². The van der Waals surface area contributed by atoms with Crippen molar-refractivity contribution in [1.29, 1.82) is 0 Å². The fourth-order valence-electron chi connectivity index (χ4n) is 8.59. The maximum absolute atomic E-state index is 6.38. The molecule has 3 heteroatoms. The summed E-state index contributed by atoms with van der Waals surface area (Å²) in [5.74, 6) is 0.620. The molecule has 0 spiro atoms. The van der Waals surface area contributed by atoms with Gasteiger partial charge in [0.05, 0.1) is 5.52 Å². The predicted molar refractivity (Wildman–Crippen MR) is 233 cm³/mol. The van der Waals surface area contributed by atoms with E-state index in [1.807, 2.05) is 0 Å². The van der Waals surface area contributed by atoms with Crippen molar-refractivity contribution < 1.29 is 4.42 Å². The summed E-state index contributed by atoms with van der Waals surface area (Å²) in [7, 11) is 0. The minimum Gasteiger partial charge on any atom is -0.436 e. The van der Waals surface area contributed by atoms with Crippen molar-refractivity contribution >= 4 is 38.9 Å². The molecule has 264 valence electrons. The summed E-state index contributed by atoms with van der Waals surface area (Å²) in [5, 5.41) is 3.75. The molecule has 0 unspecified atom stereocenters. The van der Waals surface area contributed by atoms with Gasteiger partial charge in [0, 0.05) is 27.9 Å². The van der Waals surface area contributed by atoms with Gasteiger partial charge in [-0.15, -0.1) is 0 Å². The van der Waals surface area contributed by atoms with Crippen molar-refractivity contribution in [3.05, 3.63) is 199 Å². The van der Waals surface area contributed by atoms with Crippen LogP contribution in [0.5, 0.6) is 0 Å². The monoisotopic (exact) mass is 716 g/mol. The summed E-state index contributed by atoms with van der Waals surface area (Å²) in [6.45, 7) is 0. The average molecular weight is 717 g/mol. The second kappa shape index (κ2) is 13.3. The zero-order chi connectivity index (χ0) is 37.0. The molecule has 56 heavy (non-hydrogen) atoms. The Labute approximate surface area is 325 Å². The van der Waals surface area contributed by atoms with E-state index >= 15 is 0 Å². The smallest absolute Gasteiger partial charge is 0.227 e. The molecule has 2 aromatic heterocycles. The van der Waals surface area contributed by atoms with Gasteiger partial charge in [-0.1, -0.05) is 140 Å². The van der Waals surface area contributed by atoms with Crippen molar-refractivity contribution in [2.24, 2.45) is 0 Å². The molecule has 8 aromatic carbocycles. The SMILES string of the molecule is C1=Cc2c(n(-c3ccccc3)c3ccc(-c4ccccc4-c4ccccc4-c4ccc(-c5nc6ccc(-c7ccc8ccccc8c7)cc6o5)cc4)cc23)CC1. The first-order valence-electron chi connectivity index (χ1n) is 19.3. The maximum Gasteiger partial charge on any atom is 0.227 e. The normalized spacial score (nSPS) is 12.4. The van der Waals surface area contributed by atoms with Crippen LogP contribution in [-0.4, -0.2) is 9.55 Å². The van der Waals surface area contributed by atoms with E-state index in [4.69, 9.17) is 9.40 Å². The van der Waals surface area contributed by atoms with Crippen molar-refractivity contribution in [3.8, 4) is 61.6 Å². The molecule has 0 N–H and O–H groups in total. The Morgan fingerprint density at radius 1 is 0.482 bits per heavy atom. The molecule has 0 atom stereocenters. The summed E-state index contributed by atoms with van der Waals surface area (Å²) in [6, 6.07) is 65.2. The third kappa shape index (κ3) is 5.48. The van der Waals surface area contributed by atoms with Gasteiger partial charge in [0.2, 0.25) is 5.89 Å². The van der Waals surface area contributed by atoms with E-state index in [0.29, 0.717) is 5.89 Å². The van der Waals surface area contributed by atoms with Gasteiger partial charge in [0.1, 0.15) is 5.52 Å². The standard InChI is InChI=1S/C53H36N2O/c1-2-14-42(15-3-1)55-50-21-11-10-20-47(50)48-33-41(29-31-51(48)55)44-17-7-9-19-46(44)45-18-8-6-16-43(45)36-23-25-37(26-24-36)53-54-49-30-28-40(34-52(49)56-53)39-27-22-35-12-4-5-13-38(35)32-39/h1-10,12-20,22-34H,11,21H2. The summed E-state index contributed by atoms with van der Waals surface area (Å²) in [5.41, 5.74) is 17.2. The minimum absolute atomic E-state index is 0.620. The van der Waals surface area contributed by atoms with Crippen molar-refractivity contribution in [2.45, 2.75) is 12.8 Å². The number of oxazole rings is 1. The lowest BCUT2D eigenvalue weighted by Gasteiger charge is -2.15. The molecule has 0 aliphatic heterocycles. The number of hydrogen-bond acceptors (Lipinski definition) is 2. The van der Waals surface area contributed by atoms with E-state index < -0.39 is 0 Å². The summed E-state index contributed by atoms with van der Waals surface area (Å²) < 4.78 is 8.83. The van der Waals surface area contributed by atoms with Crippen LogP contribution < -0.4 is 0 Å². The molecule has 0 radical (unpaired) electrons. The molecule has 11 rings (SSSR count). The van der Waals surface area contributed by atoms with Gasteiger partial charge in [-0.05, 0) is 123 Å². The van der Waals surface area contributed by atoms with E-state index in [1.54, 1.807) is 0 Å². The second-order valence-electron chi connectivity index (χ2n) is 14.6. The topological polar surface area (TPSA) is 31.0 Å². The third-order valence-corrected chi connectivity index (χ3v) is 11.3. The number of fused-ring (bicyclic) bond motifs is 5. The van der Waals surface area contributed by atoms with Crippen LogP contribution in [0.2, 0.25) is 0 Å². The van der Waals surface area contributed by atoms with E-state index in [1.165, 1.54) is 66.4 Å². The first kappa shape index (κ1) is 32.2. The predicted octanol–water partition coefficient (Wildman–Crippen LogP) is 14.2. The number of allylic oxidation sites excluding steroid dienone is 1. The maximum atomic E-state index is 6.38. The largest absolute Gasteiger partial charge is 0.436 e. The van der Waals surface area contributed by atoms with Crippen LogP contribution in [0.15, 0.2) is 192 Å². The first-order chi connectivity index (χ1) is 27.7. The number of hydrogen-bond donors (Lipinski definition) is 0. The van der Waals surface area contributed by atoms with Gasteiger partial charge in [-0.2, -0.15) is 0 Å². The van der Waals surface area contributed by atoms with E-state index in [0.717, 1.165) is 46.2 Å². The van der Waals surface area contributed by atoms with E-state index in [-0.39, 0.29) is 0 Å². The van der Waals surface area contributed by atoms with Crippen LogP contribution in [0, 0.1) is 0 Å². The van der Waals surface area contributed by atoms with Gasteiger partial charge in [0.25, 0.3) is 0 Å². The van der Waals surface area contributed by atoms with Gasteiger partial charge in [-0.25, -0.2) is 4.98 Å². The van der Waals surface area contributed by atoms with Crippen LogP contribution in [0.25, 0.3) is 101 Å². The summed E-state index contributed by atoms with van der Waals surface area (Å²) >= 11 is 0. The lowest BCUT2D eigenvalue weighted by Crippen LogP contribution is -2.02. The molecule has 10 aromatic rings. The Balaban J connectivity index is 0.936. The Bertz CT molecular complexity index is 3130. The average Bonchev–Trinajstić information content (AvgIpc) is 3.85. The third-order valence-electron chi connectivity index (χ3n) is 11.3. The Kier molecular flexibility index (Phi) is 7.63. The van der Waals surface area contributed by atoms with Crippen LogP contribution >= 0.6 is 0 Å². The molecular formula is C53H36N2O. The fourth-order valence-corrected chi connectivity index (χ4v) is 8.59. The summed E-state index contributed by atoms with van der Waals surface area (Å²) in [4.78, 5) is 4.88. The number of nitrogens with zero attached hydrogens (tertiary/aromatic N) is 2. The number of rotatable bonds is 6. The molecule has 1 aliphatic carbocycles. The molecule has 3 nitrogen and oxygen atoms in total. The lowest BCUT2D eigenvalue weighted by atomic mass is 9.88. The molecule has 0 fully saturated rings. The van der Waals surface area contributed by atoms with Crippen LogP contribution in [0.3, 0.4) is 0 Å². The quantitative estimate of drug-likeness (QED) is 0.172. The highest BCUT2D eigenvalue weighted by atomic mass is 16.3. The lowest BCUT2D eigenvalue weighted by molar-refractivity contribution is 0.620. The number of para-hydroxylation sites is 1. The second-order valence-corrected chi connectivity index (χ2v) is 14.6.